The molecule has 2 aliphatic rings. The zero-order valence-corrected chi connectivity index (χ0v) is 16.9. The maximum Gasteiger partial charge on any atom is 0.416 e. The molecule has 2 amide bonds. The molecule has 0 radical (unpaired) electrons. The van der Waals surface area contributed by atoms with Crippen molar-refractivity contribution in [3.05, 3.63) is 59.7 Å². The van der Waals surface area contributed by atoms with E-state index in [0.29, 0.717) is 37.6 Å². The van der Waals surface area contributed by atoms with Crippen LogP contribution in [0.1, 0.15) is 22.3 Å². The van der Waals surface area contributed by atoms with Gasteiger partial charge in [-0.25, -0.2) is 4.90 Å². The average molecular weight is 447 g/mol. The molecule has 2 aromatic rings. The number of hydrogen-bond donors (Lipinski definition) is 1. The quantitative estimate of drug-likeness (QED) is 0.673. The second-order valence-electron chi connectivity index (χ2n) is 7.85. The summed E-state index contributed by atoms with van der Waals surface area (Å²) in [5, 5.41) is 10.9. The molecule has 0 spiro atoms. The lowest BCUT2D eigenvalue weighted by Gasteiger charge is -2.35. The standard InChI is InChI=1S/C22H20F3N3O4/c23-22(24,25)15-2-1-3-17(12-15)26-8-10-27(11-9-26)18-13-19(29)28(20(18)30)16-6-4-14(5-7-16)21(31)32/h1-7,12,18H,8-11,13H2,(H,31,32)/t18-/m0/s1. The predicted molar refractivity (Wildman–Crippen MR) is 106 cm³/mol. The average Bonchev–Trinajstić information content (AvgIpc) is 3.07. The number of carbonyl (C=O) groups is 3. The molecule has 2 saturated heterocycles. The van der Waals surface area contributed by atoms with Crippen LogP contribution in [0.2, 0.25) is 0 Å². The Morgan fingerprint density at radius 2 is 1.66 bits per heavy atom. The van der Waals surface area contributed by atoms with Gasteiger partial charge in [-0.2, -0.15) is 13.2 Å². The third-order valence-electron chi connectivity index (χ3n) is 5.94. The Labute approximate surface area is 181 Å². The molecule has 1 N–H and O–H groups in total. The molecule has 32 heavy (non-hydrogen) atoms. The highest BCUT2D eigenvalue weighted by Gasteiger charge is 2.46. The van der Waals surface area contributed by atoms with Crippen molar-refractivity contribution in [1.82, 2.24) is 0 Å². The Kier molecular flexibility index (Phi) is 5.64. The fraction of sp³-hybridized carbons (Fsp3) is 0.318. The number of rotatable bonds is 4. The van der Waals surface area contributed by atoms with E-state index in [-0.39, 0.29) is 23.8 Å². The maximum absolute atomic E-state index is 13.0. The van der Waals surface area contributed by atoms with E-state index in [1.54, 1.807) is 6.07 Å². The summed E-state index contributed by atoms with van der Waals surface area (Å²) >= 11 is 0. The van der Waals surface area contributed by atoms with Gasteiger partial charge in [0, 0.05) is 5.69 Å². The molecule has 4 rings (SSSR count). The summed E-state index contributed by atoms with van der Waals surface area (Å²) in [7, 11) is 0. The van der Waals surface area contributed by atoms with Gasteiger partial charge in [0.05, 0.1) is 49.8 Å². The van der Waals surface area contributed by atoms with Crippen molar-refractivity contribution >= 4 is 29.2 Å². The van der Waals surface area contributed by atoms with Gasteiger partial charge in [-0.3, -0.25) is 9.59 Å². The largest absolute Gasteiger partial charge is 0.545 e. The number of imide groups is 1. The number of carboxylic acid groups (broad SMARTS) is 1. The predicted octanol–water partition coefficient (Wildman–Crippen LogP) is 0.106. The monoisotopic (exact) mass is 447 g/mol. The van der Waals surface area contributed by atoms with Crippen molar-refractivity contribution in [2.75, 3.05) is 36.0 Å². The highest BCUT2D eigenvalue weighted by atomic mass is 19.4. The number of piperazine rings is 1. The van der Waals surface area contributed by atoms with Crippen LogP contribution in [0.15, 0.2) is 48.5 Å². The van der Waals surface area contributed by atoms with Gasteiger partial charge in [0.1, 0.15) is 0 Å². The van der Waals surface area contributed by atoms with Gasteiger partial charge in [0.2, 0.25) is 5.91 Å². The Morgan fingerprint density at radius 1 is 1.00 bits per heavy atom. The molecule has 0 aromatic heterocycles. The maximum atomic E-state index is 13.0. The number of aromatic carboxylic acids is 1. The number of nitrogens with one attached hydrogen (secondary N) is 1. The van der Waals surface area contributed by atoms with Gasteiger partial charge < -0.3 is 19.7 Å². The van der Waals surface area contributed by atoms with Crippen LogP contribution in [0.5, 0.6) is 0 Å². The van der Waals surface area contributed by atoms with Crippen LogP contribution >= 0.6 is 0 Å². The van der Waals surface area contributed by atoms with Crippen molar-refractivity contribution in [3.8, 4) is 0 Å². The van der Waals surface area contributed by atoms with Crippen molar-refractivity contribution in [1.29, 1.82) is 0 Å². The molecule has 2 heterocycles. The van der Waals surface area contributed by atoms with Crippen molar-refractivity contribution in [2.24, 2.45) is 0 Å². The van der Waals surface area contributed by atoms with Crippen LogP contribution in [0.25, 0.3) is 0 Å². The molecule has 2 fully saturated rings. The molecule has 168 valence electrons. The third-order valence-corrected chi connectivity index (χ3v) is 5.94. The summed E-state index contributed by atoms with van der Waals surface area (Å²) in [5.41, 5.74) is 0.0132. The smallest absolute Gasteiger partial charge is 0.416 e. The highest BCUT2D eigenvalue weighted by molar-refractivity contribution is 6.21. The Morgan fingerprint density at radius 3 is 2.25 bits per heavy atom. The molecule has 1 atom stereocenters. The van der Waals surface area contributed by atoms with Crippen molar-refractivity contribution in [2.45, 2.75) is 18.6 Å². The van der Waals surface area contributed by atoms with Gasteiger partial charge in [0.25, 0.3) is 5.91 Å². The van der Waals surface area contributed by atoms with E-state index in [0.717, 1.165) is 21.9 Å². The van der Waals surface area contributed by atoms with Gasteiger partial charge in [-0.15, -0.1) is 0 Å². The first kappa shape index (κ1) is 21.8. The first-order valence-electron chi connectivity index (χ1n) is 10.1. The summed E-state index contributed by atoms with van der Waals surface area (Å²) in [5.74, 6) is -2.08. The second-order valence-corrected chi connectivity index (χ2v) is 7.85. The number of amides is 2. The van der Waals surface area contributed by atoms with Gasteiger partial charge in [-0.1, -0.05) is 18.2 Å². The summed E-state index contributed by atoms with van der Waals surface area (Å²) in [6.45, 7) is 1.90. The van der Waals surface area contributed by atoms with E-state index in [1.807, 2.05) is 4.90 Å². The fourth-order valence-electron chi connectivity index (χ4n) is 4.25. The number of quaternary nitrogens is 1. The summed E-state index contributed by atoms with van der Waals surface area (Å²) in [4.78, 5) is 40.2. The summed E-state index contributed by atoms with van der Waals surface area (Å²) in [6.07, 6.45) is -4.39. The summed E-state index contributed by atoms with van der Waals surface area (Å²) in [6, 6.07) is 9.91. The first-order chi connectivity index (χ1) is 15.1. The van der Waals surface area contributed by atoms with Gasteiger partial charge in [0.15, 0.2) is 6.04 Å². The number of anilines is 2. The third kappa shape index (κ3) is 4.18. The summed E-state index contributed by atoms with van der Waals surface area (Å²) < 4.78 is 39.0. The molecule has 0 saturated carbocycles. The zero-order valence-electron chi connectivity index (χ0n) is 16.9. The fourth-order valence-corrected chi connectivity index (χ4v) is 4.25. The Bertz CT molecular complexity index is 1050. The van der Waals surface area contributed by atoms with Crippen LogP contribution in [0.3, 0.4) is 0 Å². The van der Waals surface area contributed by atoms with Crippen molar-refractivity contribution in [3.63, 3.8) is 0 Å². The van der Waals surface area contributed by atoms with E-state index in [4.69, 9.17) is 0 Å². The molecular weight excluding hydrogens is 427 g/mol. The van der Waals surface area contributed by atoms with E-state index in [1.165, 1.54) is 30.3 Å². The van der Waals surface area contributed by atoms with Crippen LogP contribution in [0.4, 0.5) is 24.5 Å². The van der Waals surface area contributed by atoms with E-state index in [2.05, 4.69) is 0 Å². The molecule has 0 unspecified atom stereocenters. The lowest BCUT2D eigenvalue weighted by Crippen LogP contribution is -3.19. The zero-order chi connectivity index (χ0) is 23.0. The molecule has 10 heteroatoms. The molecular formula is C22H20F3N3O4. The Hall–Kier alpha value is -3.40. The van der Waals surface area contributed by atoms with Crippen LogP contribution < -0.4 is 19.8 Å². The number of benzene rings is 2. The minimum absolute atomic E-state index is 0.0277. The van der Waals surface area contributed by atoms with Crippen LogP contribution in [-0.2, 0) is 15.8 Å². The minimum atomic E-state index is -4.41. The molecule has 2 aromatic carbocycles. The first-order valence-corrected chi connectivity index (χ1v) is 10.1. The van der Waals surface area contributed by atoms with E-state index >= 15 is 0 Å². The number of nitrogens with zero attached hydrogens (tertiary/aromatic N) is 2. The molecule has 0 aliphatic carbocycles. The number of halogens is 3. The SMILES string of the molecule is O=C([O-])c1ccc(N2C(=O)C[C@H]([NH+]3CCN(c4cccc(C(F)(F)F)c4)CC3)C2=O)cc1. The van der Waals surface area contributed by atoms with Crippen LogP contribution in [-0.4, -0.2) is 50.0 Å². The molecule has 2 aliphatic heterocycles. The van der Waals surface area contributed by atoms with Gasteiger partial charge in [-0.05, 0) is 35.9 Å². The number of alkyl halides is 3. The lowest BCUT2D eigenvalue weighted by atomic mass is 10.1. The second kappa shape index (κ2) is 8.27. The number of carbonyl (C=O) groups excluding carboxylic acids is 3. The van der Waals surface area contributed by atoms with Crippen molar-refractivity contribution < 1.29 is 37.6 Å². The minimum Gasteiger partial charge on any atom is -0.545 e. The topological polar surface area (TPSA) is 85.2 Å². The Balaban J connectivity index is 1.42. The van der Waals surface area contributed by atoms with E-state index < -0.39 is 23.8 Å². The van der Waals surface area contributed by atoms with Gasteiger partial charge >= 0.3 is 6.18 Å². The van der Waals surface area contributed by atoms with E-state index in [9.17, 15) is 32.7 Å². The highest BCUT2D eigenvalue weighted by Crippen LogP contribution is 2.31. The van der Waals surface area contributed by atoms with Crippen LogP contribution in [0, 0.1) is 0 Å². The number of hydrogen-bond acceptors (Lipinski definition) is 5. The molecule has 7 nitrogen and oxygen atoms in total. The normalized spacial score (nSPS) is 20.2. The lowest BCUT2D eigenvalue weighted by molar-refractivity contribution is -0.915. The molecule has 0 bridgehead atoms. The number of carboxylic acids is 1.